The lowest BCUT2D eigenvalue weighted by atomic mass is 10.1. The summed E-state index contributed by atoms with van der Waals surface area (Å²) in [5.41, 5.74) is 5.25. The van der Waals surface area contributed by atoms with Gasteiger partial charge in [0.05, 0.1) is 6.10 Å². The van der Waals surface area contributed by atoms with Crippen molar-refractivity contribution in [1.29, 1.82) is 0 Å². The molecule has 5 N–H and O–H groups in total. The highest BCUT2D eigenvalue weighted by molar-refractivity contribution is 5.96. The molecule has 0 aliphatic carbocycles. The van der Waals surface area contributed by atoms with Crippen molar-refractivity contribution in [2.24, 2.45) is 10.7 Å². The fraction of sp³-hybridized carbons (Fsp3) is 0.750. The molecule has 0 aromatic carbocycles. The molecule has 18 heavy (non-hydrogen) atoms. The Morgan fingerprint density at radius 3 is 2.78 bits per heavy atom. The van der Waals surface area contributed by atoms with Crippen molar-refractivity contribution >= 4 is 12.0 Å². The van der Waals surface area contributed by atoms with E-state index in [0.29, 0.717) is 0 Å². The highest BCUT2D eigenvalue weighted by Crippen LogP contribution is 2.32. The quantitative estimate of drug-likeness (QED) is 0.477. The van der Waals surface area contributed by atoms with Crippen LogP contribution in [0.15, 0.2) is 4.99 Å². The monoisotopic (exact) mass is 266 g/mol. The first-order valence-electron chi connectivity index (χ1n) is 5.10. The fourth-order valence-electron chi connectivity index (χ4n) is 1.82. The summed E-state index contributed by atoms with van der Waals surface area (Å²) < 4.78 is 30.2. The smallest absolute Gasteiger partial charge is 0.382 e. The number of rotatable bonds is 2. The second-order valence-corrected chi connectivity index (χ2v) is 3.99. The molecule has 2 heterocycles. The molecule has 3 atom stereocenters. The van der Waals surface area contributed by atoms with Crippen LogP contribution in [0, 0.1) is 0 Å². The Kier molecular flexibility index (Phi) is 3.09. The van der Waals surface area contributed by atoms with Crippen LogP contribution in [0.2, 0.25) is 0 Å². The van der Waals surface area contributed by atoms with Crippen LogP contribution in [0.5, 0.6) is 0 Å². The van der Waals surface area contributed by atoms with Gasteiger partial charge in [-0.15, -0.1) is 0 Å². The van der Waals surface area contributed by atoms with E-state index in [4.69, 9.17) is 15.6 Å². The van der Waals surface area contributed by atoms with Crippen molar-refractivity contribution in [1.82, 2.24) is 10.2 Å². The first kappa shape index (κ1) is 12.9. The molecular formula is C8H12F2N4O4. The number of nitrogens with zero attached hydrogens (tertiary/aromatic N) is 2. The molecule has 102 valence electrons. The van der Waals surface area contributed by atoms with E-state index >= 15 is 0 Å². The molecule has 0 spiro atoms. The third-order valence-corrected chi connectivity index (χ3v) is 2.68. The zero-order valence-corrected chi connectivity index (χ0v) is 9.08. The number of urea groups is 1. The molecular weight excluding hydrogens is 254 g/mol. The molecule has 0 radical (unpaired) electrons. The van der Waals surface area contributed by atoms with E-state index in [2.05, 4.69) is 10.3 Å². The van der Waals surface area contributed by atoms with Gasteiger partial charge in [0.15, 0.2) is 12.1 Å². The summed E-state index contributed by atoms with van der Waals surface area (Å²) in [6, 6.07) is -0.665. The lowest BCUT2D eigenvalue weighted by Crippen LogP contribution is -2.54. The average molecular weight is 266 g/mol. The molecule has 0 aromatic rings. The molecule has 2 aliphatic rings. The van der Waals surface area contributed by atoms with Gasteiger partial charge in [-0.25, -0.2) is 9.79 Å². The van der Waals surface area contributed by atoms with Gasteiger partial charge in [-0.05, 0) is 0 Å². The van der Waals surface area contributed by atoms with E-state index in [0.717, 1.165) is 4.90 Å². The molecule has 2 rings (SSSR count). The minimum atomic E-state index is -4.18. The van der Waals surface area contributed by atoms with Gasteiger partial charge in [0, 0.05) is 6.42 Å². The molecule has 2 amide bonds. The van der Waals surface area contributed by atoms with Gasteiger partial charge < -0.3 is 20.7 Å². The van der Waals surface area contributed by atoms with Crippen molar-refractivity contribution < 1.29 is 28.5 Å². The summed E-state index contributed by atoms with van der Waals surface area (Å²) in [7, 11) is 0. The molecule has 1 fully saturated rings. The molecule has 10 heteroatoms. The van der Waals surface area contributed by atoms with Crippen molar-refractivity contribution in [3.63, 3.8) is 0 Å². The van der Waals surface area contributed by atoms with Crippen LogP contribution in [0.25, 0.3) is 0 Å². The number of halogens is 2. The van der Waals surface area contributed by atoms with Crippen molar-refractivity contribution in [2.75, 3.05) is 6.67 Å². The summed E-state index contributed by atoms with van der Waals surface area (Å²) in [5, 5.41) is 20.1. The number of ether oxygens (including phenoxy) is 1. The van der Waals surface area contributed by atoms with Crippen LogP contribution < -0.4 is 11.1 Å². The number of carbonyl (C=O) groups is 1. The zero-order chi connectivity index (χ0) is 13.5. The van der Waals surface area contributed by atoms with Crippen molar-refractivity contribution in [2.45, 2.75) is 31.0 Å². The summed E-state index contributed by atoms with van der Waals surface area (Å²) in [6.45, 7) is -0.168. The molecule has 8 nitrogen and oxygen atoms in total. The minimum absolute atomic E-state index is 0.0844. The third kappa shape index (κ3) is 2.35. The van der Waals surface area contributed by atoms with Crippen molar-refractivity contribution in [3.8, 4) is 0 Å². The van der Waals surface area contributed by atoms with E-state index in [-0.39, 0.29) is 19.0 Å². The van der Waals surface area contributed by atoms with Gasteiger partial charge in [-0.1, -0.05) is 0 Å². The van der Waals surface area contributed by atoms with E-state index in [1.807, 2.05) is 0 Å². The standard InChI is InChI=1S/C8H12F2N4O4/c9-8(10,17)5-3(15)1-4(18-5)14-2-12-6(11)13-7(14)16/h3-5,15,17H,1-2H2,(H3,11,12,13,16)/t3-,4+,5-/m0/s1. The predicted octanol–water partition coefficient (Wildman–Crippen LogP) is -1.66. The van der Waals surface area contributed by atoms with Crippen molar-refractivity contribution in [3.05, 3.63) is 0 Å². The number of aliphatic imine (C=N–C) groups is 1. The highest BCUT2D eigenvalue weighted by atomic mass is 19.3. The third-order valence-electron chi connectivity index (χ3n) is 2.68. The summed E-state index contributed by atoms with van der Waals surface area (Å²) >= 11 is 0. The van der Waals surface area contributed by atoms with Gasteiger partial charge in [0.1, 0.15) is 12.9 Å². The second-order valence-electron chi connectivity index (χ2n) is 3.99. The van der Waals surface area contributed by atoms with Gasteiger partial charge >= 0.3 is 12.1 Å². The first-order valence-corrected chi connectivity index (χ1v) is 5.10. The highest BCUT2D eigenvalue weighted by Gasteiger charge is 2.51. The number of nitrogens with two attached hydrogens (primary N) is 1. The van der Waals surface area contributed by atoms with Crippen LogP contribution >= 0.6 is 0 Å². The van der Waals surface area contributed by atoms with Crippen LogP contribution in [0.1, 0.15) is 6.42 Å². The maximum absolute atomic E-state index is 12.7. The minimum Gasteiger partial charge on any atom is -0.390 e. The number of carbonyl (C=O) groups excluding carboxylic acids is 1. The lowest BCUT2D eigenvalue weighted by Gasteiger charge is -2.30. The fourth-order valence-corrected chi connectivity index (χ4v) is 1.82. The zero-order valence-electron chi connectivity index (χ0n) is 9.08. The molecule has 0 aromatic heterocycles. The van der Waals surface area contributed by atoms with Crippen LogP contribution in [-0.4, -0.2) is 58.3 Å². The number of amides is 2. The lowest BCUT2D eigenvalue weighted by molar-refractivity contribution is -0.282. The molecule has 0 bridgehead atoms. The summed E-state index contributed by atoms with van der Waals surface area (Å²) in [6.07, 6.45) is -9.17. The Balaban J connectivity index is 2.07. The van der Waals surface area contributed by atoms with Gasteiger partial charge in [0.25, 0.3) is 0 Å². The van der Waals surface area contributed by atoms with Gasteiger partial charge in [-0.3, -0.25) is 10.2 Å². The Morgan fingerprint density at radius 1 is 1.61 bits per heavy atom. The molecule has 0 saturated carbocycles. The Morgan fingerprint density at radius 2 is 2.28 bits per heavy atom. The first-order chi connectivity index (χ1) is 8.29. The molecule has 2 aliphatic heterocycles. The van der Waals surface area contributed by atoms with E-state index < -0.39 is 30.6 Å². The van der Waals surface area contributed by atoms with Crippen LogP contribution in [0.4, 0.5) is 13.6 Å². The summed E-state index contributed by atoms with van der Waals surface area (Å²) in [4.78, 5) is 16.2. The number of aliphatic hydroxyl groups excluding tert-OH is 1. The Labute approximate surface area is 100 Å². The van der Waals surface area contributed by atoms with Crippen LogP contribution in [0.3, 0.4) is 0 Å². The second kappa shape index (κ2) is 4.30. The number of nitrogens with one attached hydrogen (secondary N) is 1. The van der Waals surface area contributed by atoms with E-state index in [1.165, 1.54) is 0 Å². The van der Waals surface area contributed by atoms with E-state index in [9.17, 15) is 18.7 Å². The van der Waals surface area contributed by atoms with Gasteiger partial charge in [-0.2, -0.15) is 8.78 Å². The predicted molar refractivity (Wildman–Crippen MR) is 53.3 cm³/mol. The van der Waals surface area contributed by atoms with Gasteiger partial charge in [0.2, 0.25) is 0 Å². The Hall–Kier alpha value is -1.52. The topological polar surface area (TPSA) is 120 Å². The average Bonchev–Trinajstić information content (AvgIpc) is 2.59. The maximum atomic E-state index is 12.7. The number of guanidine groups is 1. The summed E-state index contributed by atoms with van der Waals surface area (Å²) in [5.74, 6) is -0.0844. The number of hydrogen-bond acceptors (Lipinski definition) is 6. The van der Waals surface area contributed by atoms with Crippen LogP contribution in [-0.2, 0) is 4.74 Å². The normalized spacial score (nSPS) is 33.3. The molecule has 1 saturated heterocycles. The maximum Gasteiger partial charge on any atom is 0.382 e. The SMILES string of the molecule is NC1=NCN([C@H]2C[C@H](O)[C@@H](C(O)(F)F)O2)C(=O)N1. The number of aliphatic hydroxyl groups is 2. The number of alkyl halides is 2. The molecule has 0 unspecified atom stereocenters. The van der Waals surface area contributed by atoms with E-state index in [1.54, 1.807) is 0 Å². The Bertz CT molecular complexity index is 386. The number of hydrogen-bond donors (Lipinski definition) is 4. The largest absolute Gasteiger partial charge is 0.390 e.